The molecule has 0 amide bonds. The third-order valence-corrected chi connectivity index (χ3v) is 10.4. The molecule has 1 fully saturated rings. The Balaban J connectivity index is 1.56. The van der Waals surface area contributed by atoms with Gasteiger partial charge in [0.15, 0.2) is 5.78 Å². The zero-order chi connectivity index (χ0) is 28.0. The molecule has 0 saturated heterocycles. The summed E-state index contributed by atoms with van der Waals surface area (Å²) in [7, 11) is -4.26. The van der Waals surface area contributed by atoms with Crippen molar-refractivity contribution in [3.8, 4) is 0 Å². The van der Waals surface area contributed by atoms with E-state index < -0.39 is 21.5 Å². The van der Waals surface area contributed by atoms with E-state index in [0.29, 0.717) is 0 Å². The SMILES string of the molecule is CC(C)c1cc2c(cc1C(=O)OS(=O)(=O)c1ccccc1)C1(C)CCCC(C)(C(=O)c3ccccc3)C1CC2. The van der Waals surface area contributed by atoms with Crippen molar-refractivity contribution in [3.05, 3.63) is 101 Å². The fourth-order valence-electron chi connectivity index (χ4n) is 7.16. The van der Waals surface area contributed by atoms with Gasteiger partial charge in [0.25, 0.3) is 0 Å². The van der Waals surface area contributed by atoms with E-state index in [2.05, 4.69) is 19.9 Å². The Morgan fingerprint density at radius 3 is 2.21 bits per heavy atom. The Morgan fingerprint density at radius 2 is 1.56 bits per heavy atom. The standard InChI is InChI=1S/C33H36O5S/c1-22(2)26-20-24-16-17-29-32(3,18-11-19-33(29,4)30(34)23-12-7-5-8-13-23)28(24)21-27(26)31(35)38-39(36,37)25-14-9-6-10-15-25/h5-10,12-15,20-22,29H,11,16-19H2,1-4H3. The molecule has 2 aliphatic rings. The van der Waals surface area contributed by atoms with Crippen LogP contribution >= 0.6 is 0 Å². The van der Waals surface area contributed by atoms with Gasteiger partial charge in [-0.05, 0) is 77.8 Å². The molecule has 0 spiro atoms. The van der Waals surface area contributed by atoms with Crippen LogP contribution in [0.25, 0.3) is 0 Å². The van der Waals surface area contributed by atoms with Crippen molar-refractivity contribution >= 4 is 21.9 Å². The summed E-state index contributed by atoms with van der Waals surface area (Å²) in [6, 6.07) is 21.2. The summed E-state index contributed by atoms with van der Waals surface area (Å²) in [6.07, 6.45) is 4.33. The molecule has 0 aliphatic heterocycles. The predicted molar refractivity (Wildman–Crippen MR) is 151 cm³/mol. The molecule has 0 aromatic heterocycles. The van der Waals surface area contributed by atoms with E-state index in [-0.39, 0.29) is 33.5 Å². The average molecular weight is 545 g/mol. The lowest BCUT2D eigenvalue weighted by atomic mass is 9.48. The van der Waals surface area contributed by atoms with E-state index in [9.17, 15) is 18.0 Å². The highest BCUT2D eigenvalue weighted by molar-refractivity contribution is 7.87. The van der Waals surface area contributed by atoms with Gasteiger partial charge in [0.2, 0.25) is 0 Å². The van der Waals surface area contributed by atoms with E-state index >= 15 is 0 Å². The minimum Gasteiger partial charge on any atom is -0.338 e. The maximum Gasteiger partial charge on any atom is 0.354 e. The molecule has 0 radical (unpaired) electrons. The van der Waals surface area contributed by atoms with Gasteiger partial charge in [-0.25, -0.2) is 4.79 Å². The summed E-state index contributed by atoms with van der Waals surface area (Å²) in [5.74, 6) is -0.593. The summed E-state index contributed by atoms with van der Waals surface area (Å²) in [4.78, 5) is 27.3. The first-order valence-corrected chi connectivity index (χ1v) is 15.2. The molecule has 0 heterocycles. The molecule has 3 aromatic rings. The van der Waals surface area contributed by atoms with Crippen molar-refractivity contribution in [2.45, 2.75) is 76.0 Å². The van der Waals surface area contributed by atoms with Gasteiger partial charge >= 0.3 is 16.1 Å². The maximum atomic E-state index is 13.9. The van der Waals surface area contributed by atoms with Crippen molar-refractivity contribution < 1.29 is 22.2 Å². The van der Waals surface area contributed by atoms with Crippen molar-refractivity contribution in [1.29, 1.82) is 0 Å². The Morgan fingerprint density at radius 1 is 0.923 bits per heavy atom. The van der Waals surface area contributed by atoms with E-state index in [1.54, 1.807) is 18.2 Å². The molecule has 0 bridgehead atoms. The molecule has 3 atom stereocenters. The van der Waals surface area contributed by atoms with Gasteiger partial charge in [-0.3, -0.25) is 4.79 Å². The highest BCUT2D eigenvalue weighted by atomic mass is 32.2. The van der Waals surface area contributed by atoms with Gasteiger partial charge < -0.3 is 4.18 Å². The lowest BCUT2D eigenvalue weighted by molar-refractivity contribution is 0.0245. The van der Waals surface area contributed by atoms with Crippen LogP contribution in [0.4, 0.5) is 0 Å². The van der Waals surface area contributed by atoms with Gasteiger partial charge in [-0.1, -0.05) is 88.7 Å². The zero-order valence-electron chi connectivity index (χ0n) is 23.1. The fourth-order valence-corrected chi connectivity index (χ4v) is 8.04. The molecule has 3 aromatic carbocycles. The van der Waals surface area contributed by atoms with E-state index in [1.807, 2.05) is 50.2 Å². The molecular formula is C33H36O5S. The molecule has 3 unspecified atom stereocenters. The molecular weight excluding hydrogens is 508 g/mol. The summed E-state index contributed by atoms with van der Waals surface area (Å²) >= 11 is 0. The van der Waals surface area contributed by atoms with Crippen molar-refractivity contribution in [3.63, 3.8) is 0 Å². The number of ketones is 1. The van der Waals surface area contributed by atoms with E-state index in [4.69, 9.17) is 4.18 Å². The number of hydrogen-bond donors (Lipinski definition) is 0. The fraction of sp³-hybridized carbons (Fsp3) is 0.394. The zero-order valence-corrected chi connectivity index (χ0v) is 23.9. The molecule has 0 N–H and O–H groups in total. The number of rotatable bonds is 6. The summed E-state index contributed by atoms with van der Waals surface area (Å²) in [5, 5.41) is 0. The minimum atomic E-state index is -4.26. The highest BCUT2D eigenvalue weighted by Crippen LogP contribution is 2.58. The molecule has 39 heavy (non-hydrogen) atoms. The third kappa shape index (κ3) is 4.73. The van der Waals surface area contributed by atoms with Gasteiger partial charge in [0.05, 0.1) is 5.56 Å². The number of benzene rings is 3. The average Bonchev–Trinajstić information content (AvgIpc) is 2.92. The third-order valence-electron chi connectivity index (χ3n) is 9.14. The predicted octanol–water partition coefficient (Wildman–Crippen LogP) is 7.25. The summed E-state index contributed by atoms with van der Waals surface area (Å²) in [6.45, 7) is 8.32. The van der Waals surface area contributed by atoms with Crippen molar-refractivity contribution in [2.75, 3.05) is 0 Å². The number of fused-ring (bicyclic) bond motifs is 3. The highest BCUT2D eigenvalue weighted by Gasteiger charge is 2.55. The molecule has 2 aliphatic carbocycles. The number of carbonyl (C=O) groups excluding carboxylic acids is 2. The Bertz CT molecular complexity index is 1510. The first-order chi connectivity index (χ1) is 18.5. The maximum absolute atomic E-state index is 13.9. The largest absolute Gasteiger partial charge is 0.354 e. The lowest BCUT2D eigenvalue weighted by Crippen LogP contribution is -2.52. The Hall–Kier alpha value is -3.25. The van der Waals surface area contributed by atoms with Gasteiger partial charge in [0, 0.05) is 11.0 Å². The lowest BCUT2D eigenvalue weighted by Gasteiger charge is -2.55. The molecule has 204 valence electrons. The second kappa shape index (κ2) is 10.1. The number of Topliss-reactive ketones (excluding diaryl/α,β-unsaturated/α-hetero) is 1. The van der Waals surface area contributed by atoms with Crippen LogP contribution in [0.3, 0.4) is 0 Å². The number of carbonyl (C=O) groups is 2. The smallest absolute Gasteiger partial charge is 0.338 e. The first kappa shape index (κ1) is 27.3. The normalized spacial score (nSPS) is 24.5. The second-order valence-electron chi connectivity index (χ2n) is 11.9. The van der Waals surface area contributed by atoms with Crippen LogP contribution < -0.4 is 0 Å². The summed E-state index contributed by atoms with van der Waals surface area (Å²) in [5.41, 5.74) is 3.17. The second-order valence-corrected chi connectivity index (χ2v) is 13.4. The van der Waals surface area contributed by atoms with Crippen LogP contribution in [-0.2, 0) is 26.1 Å². The Labute approximate surface area is 231 Å². The van der Waals surface area contributed by atoms with Crippen LogP contribution in [0, 0.1) is 11.3 Å². The first-order valence-electron chi connectivity index (χ1n) is 13.8. The van der Waals surface area contributed by atoms with Gasteiger partial charge in [0.1, 0.15) is 4.90 Å². The molecule has 5 nitrogen and oxygen atoms in total. The van der Waals surface area contributed by atoms with Crippen LogP contribution in [0.15, 0.2) is 77.7 Å². The number of hydrogen-bond acceptors (Lipinski definition) is 5. The van der Waals surface area contributed by atoms with E-state index in [1.165, 1.54) is 17.7 Å². The summed E-state index contributed by atoms with van der Waals surface area (Å²) < 4.78 is 31.0. The van der Waals surface area contributed by atoms with Crippen LogP contribution in [0.5, 0.6) is 0 Å². The van der Waals surface area contributed by atoms with E-state index in [0.717, 1.165) is 48.8 Å². The van der Waals surface area contributed by atoms with Crippen LogP contribution in [0.2, 0.25) is 0 Å². The monoisotopic (exact) mass is 544 g/mol. The quantitative estimate of drug-likeness (QED) is 0.241. The van der Waals surface area contributed by atoms with Gasteiger partial charge in [-0.2, -0.15) is 8.42 Å². The van der Waals surface area contributed by atoms with Crippen molar-refractivity contribution in [1.82, 2.24) is 0 Å². The minimum absolute atomic E-state index is 0.000843. The van der Waals surface area contributed by atoms with Crippen LogP contribution in [0.1, 0.15) is 96.7 Å². The van der Waals surface area contributed by atoms with Crippen molar-refractivity contribution in [2.24, 2.45) is 11.3 Å². The topological polar surface area (TPSA) is 77.5 Å². The Kier molecular flexibility index (Phi) is 7.04. The van der Waals surface area contributed by atoms with Crippen LogP contribution in [-0.4, -0.2) is 20.2 Å². The van der Waals surface area contributed by atoms with Gasteiger partial charge in [-0.15, -0.1) is 0 Å². The molecule has 1 saturated carbocycles. The number of aryl methyl sites for hydroxylation is 1. The molecule has 6 heteroatoms. The molecule has 5 rings (SSSR count).